The molecule has 0 aromatic rings. The maximum Gasteiger partial charge on any atom is 0.326 e. The summed E-state index contributed by atoms with van der Waals surface area (Å²) in [7, 11) is 0. The number of nitrogens with one attached hydrogen (secondary N) is 4. The third-order valence-electron chi connectivity index (χ3n) is 4.57. The third kappa shape index (κ3) is 9.40. The molecule has 4 unspecified atom stereocenters. The summed E-state index contributed by atoms with van der Waals surface area (Å²) in [6.45, 7) is 0.211. The Morgan fingerprint density at radius 3 is 2.26 bits per heavy atom. The normalized spacial score (nSPS) is 18.3. The smallest absolute Gasteiger partial charge is 0.326 e. The van der Waals surface area contributed by atoms with E-state index in [1.54, 1.807) is 0 Å². The van der Waals surface area contributed by atoms with Gasteiger partial charge in [0, 0.05) is 12.3 Å². The molecular formula is C17H31N7O6S. The van der Waals surface area contributed by atoms with Gasteiger partial charge in [0.1, 0.15) is 18.1 Å². The fraction of sp³-hybridized carbons (Fsp3) is 0.706. The van der Waals surface area contributed by atoms with Crippen LogP contribution in [-0.4, -0.2) is 89.5 Å². The van der Waals surface area contributed by atoms with Gasteiger partial charge < -0.3 is 42.9 Å². The van der Waals surface area contributed by atoms with E-state index in [4.69, 9.17) is 11.5 Å². The molecule has 0 aliphatic carbocycles. The van der Waals surface area contributed by atoms with Gasteiger partial charge in [-0.3, -0.25) is 19.4 Å². The summed E-state index contributed by atoms with van der Waals surface area (Å²) >= 11 is 4.02. The number of aliphatic hydroxyl groups excluding tert-OH is 1. The van der Waals surface area contributed by atoms with Gasteiger partial charge in [-0.05, 0) is 32.2 Å². The number of carbonyl (C=O) groups excluding carboxylic acids is 3. The summed E-state index contributed by atoms with van der Waals surface area (Å²) in [5.41, 5.74) is 10.4. The zero-order valence-electron chi connectivity index (χ0n) is 17.0. The monoisotopic (exact) mass is 461 g/mol. The van der Waals surface area contributed by atoms with E-state index in [2.05, 4.69) is 38.9 Å². The number of carboxylic acid groups (broad SMARTS) is 1. The molecular weight excluding hydrogens is 430 g/mol. The number of hydrogen-bond donors (Lipinski definition) is 9. The second-order valence-electron chi connectivity index (χ2n) is 6.98. The molecule has 0 radical (unpaired) electrons. The summed E-state index contributed by atoms with van der Waals surface area (Å²) in [4.78, 5) is 52.2. The first kappa shape index (κ1) is 26.5. The van der Waals surface area contributed by atoms with E-state index in [9.17, 15) is 29.4 Å². The molecule has 1 heterocycles. The van der Waals surface area contributed by atoms with Crippen molar-refractivity contribution < 1.29 is 29.4 Å². The Bertz CT molecular complexity index is 667. The van der Waals surface area contributed by atoms with Gasteiger partial charge in [-0.2, -0.15) is 12.6 Å². The third-order valence-corrected chi connectivity index (χ3v) is 4.93. The highest BCUT2D eigenvalue weighted by Gasteiger charge is 2.30. The number of aliphatic hydroxyl groups is 1. The Balaban J connectivity index is 2.63. The molecule has 4 atom stereocenters. The lowest BCUT2D eigenvalue weighted by atomic mass is 10.1. The SMILES string of the molecule is NC(N)=NCCCC(NC(=O)C(CS)NC(=O)C(CO)NC(=O)C1CCCN1)C(=O)O. The van der Waals surface area contributed by atoms with Crippen LogP contribution >= 0.6 is 12.6 Å². The summed E-state index contributed by atoms with van der Waals surface area (Å²) in [6.07, 6.45) is 1.81. The second-order valence-corrected chi connectivity index (χ2v) is 7.35. The summed E-state index contributed by atoms with van der Waals surface area (Å²) < 4.78 is 0. The fourth-order valence-electron chi connectivity index (χ4n) is 2.87. The lowest BCUT2D eigenvalue weighted by Crippen LogP contribution is -2.58. The van der Waals surface area contributed by atoms with Gasteiger partial charge in [0.25, 0.3) is 0 Å². The number of thiol groups is 1. The molecule has 14 heteroatoms. The zero-order valence-corrected chi connectivity index (χ0v) is 17.9. The Morgan fingerprint density at radius 1 is 1.10 bits per heavy atom. The van der Waals surface area contributed by atoms with Crippen LogP contribution in [0, 0.1) is 0 Å². The average Bonchev–Trinajstić information content (AvgIpc) is 3.26. The summed E-state index contributed by atoms with van der Waals surface area (Å²) in [5, 5.41) is 28.9. The number of carboxylic acids is 1. The van der Waals surface area contributed by atoms with Crippen molar-refractivity contribution >= 4 is 42.3 Å². The molecule has 0 aromatic carbocycles. The van der Waals surface area contributed by atoms with E-state index >= 15 is 0 Å². The summed E-state index contributed by atoms with van der Waals surface area (Å²) in [6, 6.07) is -4.10. The molecule has 1 aliphatic rings. The number of nitrogens with two attached hydrogens (primary N) is 2. The first-order valence-corrected chi connectivity index (χ1v) is 10.5. The van der Waals surface area contributed by atoms with Crippen molar-refractivity contribution in [2.24, 2.45) is 16.5 Å². The molecule has 1 aliphatic heterocycles. The minimum atomic E-state index is -1.26. The largest absolute Gasteiger partial charge is 0.480 e. The van der Waals surface area contributed by atoms with Crippen LogP contribution in [0.4, 0.5) is 0 Å². The van der Waals surface area contributed by atoms with Crippen LogP contribution in [0.15, 0.2) is 4.99 Å². The summed E-state index contributed by atoms with van der Waals surface area (Å²) in [5.74, 6) is -3.49. The van der Waals surface area contributed by atoms with Crippen LogP contribution in [0.3, 0.4) is 0 Å². The van der Waals surface area contributed by atoms with Crippen molar-refractivity contribution in [3.05, 3.63) is 0 Å². The van der Waals surface area contributed by atoms with Crippen LogP contribution in [0.5, 0.6) is 0 Å². The molecule has 3 amide bonds. The number of aliphatic carboxylic acids is 1. The predicted octanol–water partition coefficient (Wildman–Crippen LogP) is -3.75. The Labute approximate surface area is 185 Å². The van der Waals surface area contributed by atoms with Gasteiger partial charge in [-0.25, -0.2) is 4.79 Å². The molecule has 0 bridgehead atoms. The van der Waals surface area contributed by atoms with Crippen LogP contribution in [0.2, 0.25) is 0 Å². The van der Waals surface area contributed by atoms with Gasteiger partial charge in [-0.15, -0.1) is 0 Å². The minimum absolute atomic E-state index is 0.0643. The molecule has 0 saturated carbocycles. The first-order chi connectivity index (χ1) is 14.7. The second kappa shape index (κ2) is 13.7. The lowest BCUT2D eigenvalue weighted by molar-refractivity contribution is -0.142. The van der Waals surface area contributed by atoms with E-state index in [0.717, 1.165) is 6.42 Å². The van der Waals surface area contributed by atoms with E-state index in [1.165, 1.54) is 0 Å². The standard InChI is InChI=1S/C17H31N7O6S/c18-17(19)21-6-2-4-10(16(29)30)22-15(28)12(8-31)24-14(27)11(7-25)23-13(26)9-3-1-5-20-9/h9-12,20,25,31H,1-8H2,(H,22,28)(H,23,26)(H,24,27)(H,29,30)(H4,18,19,21). The molecule has 1 rings (SSSR count). The zero-order chi connectivity index (χ0) is 23.4. The topological polar surface area (TPSA) is 221 Å². The van der Waals surface area contributed by atoms with Crippen LogP contribution in [-0.2, 0) is 19.2 Å². The fourth-order valence-corrected chi connectivity index (χ4v) is 3.13. The van der Waals surface area contributed by atoms with Crippen molar-refractivity contribution in [2.75, 3.05) is 25.4 Å². The number of rotatable bonds is 13. The number of aliphatic imine (C=N–C) groups is 1. The molecule has 0 aromatic heterocycles. The lowest BCUT2D eigenvalue weighted by Gasteiger charge is -2.23. The van der Waals surface area contributed by atoms with Crippen LogP contribution in [0.1, 0.15) is 25.7 Å². The Morgan fingerprint density at radius 2 is 1.74 bits per heavy atom. The number of amides is 3. The van der Waals surface area contributed by atoms with E-state index in [-0.39, 0.29) is 24.7 Å². The molecule has 10 N–H and O–H groups in total. The molecule has 1 saturated heterocycles. The molecule has 31 heavy (non-hydrogen) atoms. The predicted molar refractivity (Wildman–Crippen MR) is 115 cm³/mol. The maximum atomic E-state index is 12.4. The van der Waals surface area contributed by atoms with Crippen molar-refractivity contribution in [1.82, 2.24) is 21.3 Å². The number of guanidine groups is 1. The minimum Gasteiger partial charge on any atom is -0.480 e. The molecule has 13 nitrogen and oxygen atoms in total. The van der Waals surface area contributed by atoms with Gasteiger partial charge in [0.2, 0.25) is 17.7 Å². The van der Waals surface area contributed by atoms with Crippen molar-refractivity contribution in [2.45, 2.75) is 49.9 Å². The van der Waals surface area contributed by atoms with Crippen molar-refractivity contribution in [1.29, 1.82) is 0 Å². The van der Waals surface area contributed by atoms with Gasteiger partial charge in [-0.1, -0.05) is 0 Å². The number of hydrogen-bond acceptors (Lipinski definition) is 8. The van der Waals surface area contributed by atoms with Crippen molar-refractivity contribution in [3.63, 3.8) is 0 Å². The molecule has 1 fully saturated rings. The van der Waals surface area contributed by atoms with Gasteiger partial charge >= 0.3 is 5.97 Å². The average molecular weight is 462 g/mol. The quantitative estimate of drug-likeness (QED) is 0.0568. The van der Waals surface area contributed by atoms with Gasteiger partial charge in [0.15, 0.2) is 5.96 Å². The highest BCUT2D eigenvalue weighted by molar-refractivity contribution is 7.80. The highest BCUT2D eigenvalue weighted by Crippen LogP contribution is 2.05. The number of carbonyl (C=O) groups is 4. The Hall–Kier alpha value is -2.58. The van der Waals surface area contributed by atoms with Crippen molar-refractivity contribution in [3.8, 4) is 0 Å². The van der Waals surface area contributed by atoms with E-state index < -0.39 is 54.5 Å². The van der Waals surface area contributed by atoms with Crippen LogP contribution < -0.4 is 32.7 Å². The highest BCUT2D eigenvalue weighted by atomic mass is 32.1. The van der Waals surface area contributed by atoms with E-state index in [1.807, 2.05) is 0 Å². The molecule has 0 spiro atoms. The Kier molecular flexibility index (Phi) is 11.7. The molecule has 176 valence electrons. The maximum absolute atomic E-state index is 12.4. The van der Waals surface area contributed by atoms with Gasteiger partial charge in [0.05, 0.1) is 12.6 Å². The van der Waals surface area contributed by atoms with E-state index in [0.29, 0.717) is 19.4 Å². The van der Waals surface area contributed by atoms with Crippen LogP contribution in [0.25, 0.3) is 0 Å². The number of nitrogens with zero attached hydrogens (tertiary/aromatic N) is 1. The first-order valence-electron chi connectivity index (χ1n) is 9.84.